The summed E-state index contributed by atoms with van der Waals surface area (Å²) < 4.78 is 0. The first-order valence-electron chi connectivity index (χ1n) is 8.86. The molecule has 0 bridgehead atoms. The Morgan fingerprint density at radius 2 is 2.25 bits per heavy atom. The fraction of sp³-hybridized carbons (Fsp3) is 0.450. The average Bonchev–Trinajstić information content (AvgIpc) is 3.15. The van der Waals surface area contributed by atoms with Crippen molar-refractivity contribution in [1.82, 2.24) is 10.3 Å². The third kappa shape index (κ3) is 2.98. The van der Waals surface area contributed by atoms with Crippen molar-refractivity contribution in [3.8, 4) is 0 Å². The minimum absolute atomic E-state index is 0.189. The van der Waals surface area contributed by atoms with E-state index in [1.807, 2.05) is 12.1 Å². The minimum Gasteiger partial charge on any atom is -0.358 e. The number of hydrogen-bond donors (Lipinski definition) is 2. The predicted octanol–water partition coefficient (Wildman–Crippen LogP) is 4.46. The zero-order chi connectivity index (χ0) is 16.7. The first-order chi connectivity index (χ1) is 11.6. The number of benzene rings is 1. The van der Waals surface area contributed by atoms with Crippen molar-refractivity contribution in [2.75, 3.05) is 0 Å². The highest BCUT2D eigenvalue weighted by molar-refractivity contribution is 6.31. The van der Waals surface area contributed by atoms with Crippen molar-refractivity contribution in [2.45, 2.75) is 51.5 Å². The molecular formula is C20H23ClN2O. The molecule has 0 saturated carbocycles. The molecule has 2 aliphatic rings. The number of aromatic nitrogens is 1. The van der Waals surface area contributed by atoms with Crippen molar-refractivity contribution in [1.29, 1.82) is 0 Å². The zero-order valence-electron chi connectivity index (χ0n) is 14.0. The number of rotatable bonds is 3. The summed E-state index contributed by atoms with van der Waals surface area (Å²) in [6.45, 7) is 2.09. The molecule has 1 heterocycles. The normalized spacial score (nSPS) is 22.8. The molecule has 126 valence electrons. The van der Waals surface area contributed by atoms with Gasteiger partial charge in [0.05, 0.1) is 0 Å². The van der Waals surface area contributed by atoms with E-state index in [4.69, 9.17) is 11.6 Å². The lowest BCUT2D eigenvalue weighted by atomic mass is 9.91. The van der Waals surface area contributed by atoms with Gasteiger partial charge in [-0.05, 0) is 68.2 Å². The van der Waals surface area contributed by atoms with Crippen LogP contribution >= 0.6 is 11.6 Å². The van der Waals surface area contributed by atoms with Crippen LogP contribution in [-0.4, -0.2) is 16.9 Å². The third-order valence-corrected chi connectivity index (χ3v) is 5.60. The second kappa shape index (κ2) is 6.29. The lowest BCUT2D eigenvalue weighted by molar-refractivity contribution is -0.122. The second-order valence-electron chi connectivity index (χ2n) is 7.20. The van der Waals surface area contributed by atoms with E-state index in [0.717, 1.165) is 37.1 Å². The maximum Gasteiger partial charge on any atom is 0.220 e. The van der Waals surface area contributed by atoms with Crippen LogP contribution in [0.25, 0.3) is 10.9 Å². The molecule has 2 N–H and O–H groups in total. The van der Waals surface area contributed by atoms with E-state index in [9.17, 15) is 4.79 Å². The molecule has 0 saturated heterocycles. The largest absolute Gasteiger partial charge is 0.358 e. The van der Waals surface area contributed by atoms with Gasteiger partial charge in [0, 0.05) is 34.1 Å². The fourth-order valence-electron chi connectivity index (χ4n) is 4.16. The van der Waals surface area contributed by atoms with E-state index >= 15 is 0 Å². The molecule has 2 atom stereocenters. The molecule has 0 fully saturated rings. The van der Waals surface area contributed by atoms with Crippen LogP contribution in [0.5, 0.6) is 0 Å². The lowest BCUT2D eigenvalue weighted by Crippen LogP contribution is -2.39. The molecule has 1 amide bonds. The van der Waals surface area contributed by atoms with Crippen LogP contribution in [0.1, 0.15) is 42.5 Å². The van der Waals surface area contributed by atoms with Gasteiger partial charge in [0.1, 0.15) is 0 Å². The first-order valence-corrected chi connectivity index (χ1v) is 9.23. The first kappa shape index (κ1) is 15.8. The Balaban J connectivity index is 1.50. The van der Waals surface area contributed by atoms with Crippen LogP contribution < -0.4 is 5.32 Å². The number of amides is 1. The molecule has 2 aliphatic carbocycles. The summed E-state index contributed by atoms with van der Waals surface area (Å²) in [6.07, 6.45) is 10.1. The van der Waals surface area contributed by atoms with Crippen LogP contribution in [-0.2, 0) is 17.6 Å². The quantitative estimate of drug-likeness (QED) is 0.795. The third-order valence-electron chi connectivity index (χ3n) is 5.38. The Labute approximate surface area is 147 Å². The van der Waals surface area contributed by atoms with Gasteiger partial charge in [-0.1, -0.05) is 23.8 Å². The van der Waals surface area contributed by atoms with Crippen molar-refractivity contribution in [3.05, 3.63) is 46.1 Å². The van der Waals surface area contributed by atoms with Gasteiger partial charge in [-0.15, -0.1) is 0 Å². The van der Waals surface area contributed by atoms with E-state index in [2.05, 4.69) is 29.4 Å². The highest BCUT2D eigenvalue weighted by Crippen LogP contribution is 2.33. The average molecular weight is 343 g/mol. The molecule has 4 rings (SSSR count). The van der Waals surface area contributed by atoms with Gasteiger partial charge in [-0.2, -0.15) is 0 Å². The van der Waals surface area contributed by atoms with Crippen LogP contribution in [0.4, 0.5) is 0 Å². The fourth-order valence-corrected chi connectivity index (χ4v) is 4.44. The van der Waals surface area contributed by atoms with Crippen molar-refractivity contribution in [2.24, 2.45) is 5.92 Å². The number of hydrogen-bond acceptors (Lipinski definition) is 1. The van der Waals surface area contributed by atoms with Gasteiger partial charge in [-0.25, -0.2) is 0 Å². The number of carbonyl (C=O) groups is 1. The molecule has 1 aromatic carbocycles. The standard InChI is InChI=1S/C20H23ClN2O/c1-12-8-14(21)10-17-16-11-15(6-7-18(16)23-20(12)17)22-19(24)9-13-4-2-3-5-13/h2,4,8,10,13,15,23H,3,5-7,9,11H2,1H3,(H,22,24)/t13-,15+/m1/s1. The molecule has 2 aromatic rings. The summed E-state index contributed by atoms with van der Waals surface area (Å²) in [4.78, 5) is 15.9. The number of fused-ring (bicyclic) bond motifs is 3. The molecule has 4 heteroatoms. The summed E-state index contributed by atoms with van der Waals surface area (Å²) in [6, 6.07) is 4.28. The summed E-state index contributed by atoms with van der Waals surface area (Å²) in [5, 5.41) is 5.24. The van der Waals surface area contributed by atoms with Crippen LogP contribution in [0, 0.1) is 12.8 Å². The monoisotopic (exact) mass is 342 g/mol. The van der Waals surface area contributed by atoms with Crippen molar-refractivity contribution in [3.63, 3.8) is 0 Å². The molecule has 0 radical (unpaired) electrons. The Kier molecular flexibility index (Phi) is 4.13. The topological polar surface area (TPSA) is 44.9 Å². The number of halogens is 1. The molecular weight excluding hydrogens is 320 g/mol. The molecule has 24 heavy (non-hydrogen) atoms. The molecule has 0 spiro atoms. The SMILES string of the molecule is Cc1cc(Cl)cc2c3c([nH]c12)CC[C@H](NC(=O)C[C@@H]1C=CCC1)C3. The summed E-state index contributed by atoms with van der Waals surface area (Å²) in [5.74, 6) is 0.618. The molecule has 1 aromatic heterocycles. The van der Waals surface area contributed by atoms with Gasteiger partial charge in [0.25, 0.3) is 0 Å². The van der Waals surface area contributed by atoms with Gasteiger partial charge < -0.3 is 10.3 Å². The molecule has 0 unspecified atom stereocenters. The van der Waals surface area contributed by atoms with Crippen molar-refractivity contribution >= 4 is 28.4 Å². The van der Waals surface area contributed by atoms with E-state index in [1.165, 1.54) is 27.7 Å². The highest BCUT2D eigenvalue weighted by Gasteiger charge is 2.25. The van der Waals surface area contributed by atoms with Crippen LogP contribution in [0.3, 0.4) is 0 Å². The number of H-pyrrole nitrogens is 1. The molecule has 3 nitrogen and oxygen atoms in total. The maximum atomic E-state index is 12.3. The summed E-state index contributed by atoms with van der Waals surface area (Å²) in [7, 11) is 0. The number of aromatic amines is 1. The van der Waals surface area contributed by atoms with E-state index in [0.29, 0.717) is 12.3 Å². The van der Waals surface area contributed by atoms with E-state index < -0.39 is 0 Å². The Hall–Kier alpha value is -1.74. The number of allylic oxidation sites excluding steroid dienone is 2. The lowest BCUT2D eigenvalue weighted by Gasteiger charge is -2.24. The van der Waals surface area contributed by atoms with Gasteiger partial charge in [-0.3, -0.25) is 4.79 Å². The van der Waals surface area contributed by atoms with E-state index in [1.54, 1.807) is 0 Å². The highest BCUT2D eigenvalue weighted by atomic mass is 35.5. The van der Waals surface area contributed by atoms with Gasteiger partial charge >= 0.3 is 0 Å². The Bertz CT molecular complexity index is 821. The summed E-state index contributed by atoms with van der Waals surface area (Å²) in [5.41, 5.74) is 5.00. The predicted molar refractivity (Wildman–Crippen MR) is 98.5 cm³/mol. The van der Waals surface area contributed by atoms with E-state index in [-0.39, 0.29) is 11.9 Å². The Morgan fingerprint density at radius 3 is 3.04 bits per heavy atom. The Morgan fingerprint density at radius 1 is 1.38 bits per heavy atom. The van der Waals surface area contributed by atoms with Crippen LogP contribution in [0.15, 0.2) is 24.3 Å². The maximum absolute atomic E-state index is 12.3. The van der Waals surface area contributed by atoms with Crippen molar-refractivity contribution < 1.29 is 4.79 Å². The minimum atomic E-state index is 0.189. The van der Waals surface area contributed by atoms with Gasteiger partial charge in [0.2, 0.25) is 5.91 Å². The number of carbonyl (C=O) groups excluding carboxylic acids is 1. The summed E-state index contributed by atoms with van der Waals surface area (Å²) >= 11 is 6.25. The van der Waals surface area contributed by atoms with Gasteiger partial charge in [0.15, 0.2) is 0 Å². The van der Waals surface area contributed by atoms with Crippen LogP contribution in [0.2, 0.25) is 5.02 Å². The molecule has 0 aliphatic heterocycles. The number of aryl methyl sites for hydroxylation is 2. The number of nitrogens with one attached hydrogen (secondary N) is 2. The zero-order valence-corrected chi connectivity index (χ0v) is 14.7. The smallest absolute Gasteiger partial charge is 0.220 e. The second-order valence-corrected chi connectivity index (χ2v) is 7.64.